The molecule has 2 aromatic carbocycles. The molecule has 1 unspecified atom stereocenters. The number of aliphatic hydroxyl groups excluding tert-OH is 1. The van der Waals surface area contributed by atoms with Crippen LogP contribution in [0.3, 0.4) is 0 Å². The molecule has 1 aliphatic rings. The van der Waals surface area contributed by atoms with Crippen molar-refractivity contribution in [2.45, 2.75) is 44.9 Å². The van der Waals surface area contributed by atoms with E-state index in [2.05, 4.69) is 5.32 Å². The van der Waals surface area contributed by atoms with Crippen molar-refractivity contribution in [2.75, 3.05) is 5.32 Å². The first-order valence-corrected chi connectivity index (χ1v) is 10.1. The second kappa shape index (κ2) is 10.0. The highest BCUT2D eigenvalue weighted by atomic mass is 16.6. The number of nitrogens with zero attached hydrogens (tertiary/aromatic N) is 2. The van der Waals surface area contributed by atoms with E-state index in [-0.39, 0.29) is 30.5 Å². The Bertz CT molecular complexity index is 1020. The molecular weight excluding hydrogens is 418 g/mol. The van der Waals surface area contributed by atoms with Crippen LogP contribution in [0.4, 0.5) is 11.4 Å². The predicted molar refractivity (Wildman–Crippen MR) is 114 cm³/mol. The number of anilines is 1. The van der Waals surface area contributed by atoms with E-state index in [9.17, 15) is 34.7 Å². The van der Waals surface area contributed by atoms with Gasteiger partial charge in [0.15, 0.2) is 0 Å². The fourth-order valence-corrected chi connectivity index (χ4v) is 3.65. The summed E-state index contributed by atoms with van der Waals surface area (Å²) in [4.78, 5) is 46.6. The van der Waals surface area contributed by atoms with E-state index in [1.54, 1.807) is 12.1 Å². The SMILES string of the molecule is O=C(O)C(CCc1ccc(NCc2ccc([N+](=O)[O-])c(CO)c2)cc1)N1C(=O)CCC1=O. The number of likely N-dealkylation sites (tertiary alicyclic amines) is 1. The summed E-state index contributed by atoms with van der Waals surface area (Å²) in [6.07, 6.45) is 0.623. The monoisotopic (exact) mass is 441 g/mol. The average Bonchev–Trinajstić information content (AvgIpc) is 3.10. The molecule has 0 aromatic heterocycles. The lowest BCUT2D eigenvalue weighted by molar-refractivity contribution is -0.385. The zero-order valence-electron chi connectivity index (χ0n) is 17.2. The quantitative estimate of drug-likeness (QED) is 0.289. The van der Waals surface area contributed by atoms with Crippen LogP contribution in [-0.2, 0) is 34.0 Å². The number of hydrogen-bond acceptors (Lipinski definition) is 7. The zero-order valence-corrected chi connectivity index (χ0v) is 17.2. The summed E-state index contributed by atoms with van der Waals surface area (Å²) in [7, 11) is 0. The topological polar surface area (TPSA) is 150 Å². The van der Waals surface area contributed by atoms with Crippen molar-refractivity contribution in [1.29, 1.82) is 0 Å². The van der Waals surface area contributed by atoms with Gasteiger partial charge in [-0.05, 0) is 42.2 Å². The molecule has 32 heavy (non-hydrogen) atoms. The molecule has 0 radical (unpaired) electrons. The van der Waals surface area contributed by atoms with E-state index in [4.69, 9.17) is 0 Å². The Hall–Kier alpha value is -3.79. The number of nitrogens with one attached hydrogen (secondary N) is 1. The van der Waals surface area contributed by atoms with Gasteiger partial charge >= 0.3 is 5.97 Å². The maximum atomic E-state index is 11.9. The van der Waals surface area contributed by atoms with Gasteiger partial charge in [-0.15, -0.1) is 0 Å². The molecule has 0 saturated carbocycles. The van der Waals surface area contributed by atoms with Crippen LogP contribution in [-0.4, -0.2) is 43.9 Å². The molecule has 0 aliphatic carbocycles. The van der Waals surface area contributed by atoms with Gasteiger partial charge in [0.05, 0.1) is 17.1 Å². The fraction of sp³-hybridized carbons (Fsp3) is 0.318. The van der Waals surface area contributed by atoms with Crippen LogP contribution in [0.15, 0.2) is 42.5 Å². The number of aliphatic carboxylic acids is 1. The number of rotatable bonds is 10. The zero-order chi connectivity index (χ0) is 23.3. The highest BCUT2D eigenvalue weighted by molar-refractivity contribution is 6.04. The number of carboxylic acid groups (broad SMARTS) is 1. The highest BCUT2D eigenvalue weighted by Crippen LogP contribution is 2.22. The third-order valence-corrected chi connectivity index (χ3v) is 5.35. The van der Waals surface area contributed by atoms with Crippen molar-refractivity contribution in [3.05, 3.63) is 69.3 Å². The van der Waals surface area contributed by atoms with Crippen LogP contribution in [0.5, 0.6) is 0 Å². The Balaban J connectivity index is 1.58. The lowest BCUT2D eigenvalue weighted by atomic mass is 10.0. The Morgan fingerprint density at radius 1 is 1.09 bits per heavy atom. The maximum absolute atomic E-state index is 11.9. The molecule has 3 rings (SSSR count). The van der Waals surface area contributed by atoms with Crippen LogP contribution in [0.2, 0.25) is 0 Å². The molecule has 1 fully saturated rings. The maximum Gasteiger partial charge on any atom is 0.326 e. The van der Waals surface area contributed by atoms with Gasteiger partial charge in [0.1, 0.15) is 6.04 Å². The molecule has 1 heterocycles. The molecule has 0 spiro atoms. The van der Waals surface area contributed by atoms with Gasteiger partial charge in [-0.25, -0.2) is 4.79 Å². The number of benzene rings is 2. The standard InChI is InChI=1S/C22H23N3O7/c26-13-16-11-15(4-7-18(16)25(31)32)12-23-17-5-1-14(2-6-17)3-8-19(22(29)30)24-20(27)9-10-21(24)28/h1-2,4-7,11,19,23,26H,3,8-10,12-13H2,(H,29,30). The van der Waals surface area contributed by atoms with Crippen molar-refractivity contribution in [3.8, 4) is 0 Å². The summed E-state index contributed by atoms with van der Waals surface area (Å²) in [5.74, 6) is -2.09. The van der Waals surface area contributed by atoms with Crippen LogP contribution in [0.1, 0.15) is 36.0 Å². The minimum absolute atomic E-state index is 0.0531. The molecule has 2 amide bonds. The van der Waals surface area contributed by atoms with Crippen LogP contribution < -0.4 is 5.32 Å². The van der Waals surface area contributed by atoms with Gasteiger partial charge in [-0.2, -0.15) is 0 Å². The van der Waals surface area contributed by atoms with Gasteiger partial charge < -0.3 is 15.5 Å². The van der Waals surface area contributed by atoms with E-state index in [1.807, 2.05) is 24.3 Å². The summed E-state index contributed by atoms with van der Waals surface area (Å²) in [6, 6.07) is 10.7. The Labute approximate surface area is 183 Å². The molecule has 2 aromatic rings. The average molecular weight is 441 g/mol. The first-order valence-electron chi connectivity index (χ1n) is 10.1. The normalized spacial score (nSPS) is 14.5. The summed E-state index contributed by atoms with van der Waals surface area (Å²) < 4.78 is 0. The fourth-order valence-electron chi connectivity index (χ4n) is 3.65. The molecule has 10 heteroatoms. The number of imide groups is 1. The third-order valence-electron chi connectivity index (χ3n) is 5.35. The smallest absolute Gasteiger partial charge is 0.326 e. The lowest BCUT2D eigenvalue weighted by Crippen LogP contribution is -2.44. The summed E-state index contributed by atoms with van der Waals surface area (Å²) in [5.41, 5.74) is 2.54. The minimum Gasteiger partial charge on any atom is -0.480 e. The number of aryl methyl sites for hydroxylation is 1. The predicted octanol–water partition coefficient (Wildman–Crippen LogP) is 2.23. The van der Waals surface area contributed by atoms with Crippen molar-refractivity contribution >= 4 is 29.2 Å². The first-order chi connectivity index (χ1) is 15.3. The second-order valence-electron chi connectivity index (χ2n) is 7.48. The van der Waals surface area contributed by atoms with E-state index in [0.717, 1.165) is 21.7 Å². The molecule has 1 aliphatic heterocycles. The summed E-state index contributed by atoms with van der Waals surface area (Å²) >= 11 is 0. The number of hydrogen-bond donors (Lipinski definition) is 3. The van der Waals surface area contributed by atoms with Crippen LogP contribution in [0.25, 0.3) is 0 Å². The number of aliphatic hydroxyl groups is 1. The van der Waals surface area contributed by atoms with E-state index in [1.165, 1.54) is 6.07 Å². The molecule has 1 saturated heterocycles. The second-order valence-corrected chi connectivity index (χ2v) is 7.48. The lowest BCUT2D eigenvalue weighted by Gasteiger charge is -2.22. The largest absolute Gasteiger partial charge is 0.480 e. The first kappa shape index (κ1) is 22.9. The van der Waals surface area contributed by atoms with Crippen molar-refractivity contribution in [1.82, 2.24) is 4.90 Å². The Morgan fingerprint density at radius 3 is 2.28 bits per heavy atom. The Morgan fingerprint density at radius 2 is 1.72 bits per heavy atom. The number of carboxylic acids is 1. The Kier molecular flexibility index (Phi) is 7.16. The number of nitro groups is 1. The van der Waals surface area contributed by atoms with Crippen LogP contribution >= 0.6 is 0 Å². The van der Waals surface area contributed by atoms with E-state index >= 15 is 0 Å². The summed E-state index contributed by atoms with van der Waals surface area (Å²) in [5, 5.41) is 32.9. The molecule has 10 nitrogen and oxygen atoms in total. The number of carbonyl (C=O) groups is 3. The number of amides is 2. The van der Waals surface area contributed by atoms with Crippen molar-refractivity contribution in [2.24, 2.45) is 0 Å². The highest BCUT2D eigenvalue weighted by Gasteiger charge is 2.38. The van der Waals surface area contributed by atoms with Gasteiger partial charge in [0.25, 0.3) is 5.69 Å². The minimum atomic E-state index is -1.20. The van der Waals surface area contributed by atoms with Crippen LogP contribution in [0, 0.1) is 10.1 Å². The number of carbonyl (C=O) groups excluding carboxylic acids is 2. The van der Waals surface area contributed by atoms with Gasteiger partial charge in [0.2, 0.25) is 11.8 Å². The van der Waals surface area contributed by atoms with Gasteiger partial charge in [-0.3, -0.25) is 24.6 Å². The molecule has 3 N–H and O–H groups in total. The number of nitro benzene ring substituents is 1. The van der Waals surface area contributed by atoms with Gasteiger partial charge in [0, 0.05) is 31.1 Å². The van der Waals surface area contributed by atoms with Gasteiger partial charge in [-0.1, -0.05) is 18.2 Å². The molecule has 168 valence electrons. The molecule has 0 bridgehead atoms. The van der Waals surface area contributed by atoms with E-state index in [0.29, 0.717) is 13.0 Å². The van der Waals surface area contributed by atoms with E-state index < -0.39 is 35.4 Å². The summed E-state index contributed by atoms with van der Waals surface area (Å²) in [6.45, 7) is -0.0323. The molecule has 1 atom stereocenters. The molecular formula is C22H23N3O7. The van der Waals surface area contributed by atoms with Crippen molar-refractivity contribution < 1.29 is 29.5 Å². The third kappa shape index (κ3) is 5.27. The van der Waals surface area contributed by atoms with Crippen molar-refractivity contribution in [3.63, 3.8) is 0 Å².